The molecule has 0 aliphatic carbocycles. The van der Waals surface area contributed by atoms with Crippen LogP contribution in [0.2, 0.25) is 0 Å². The SMILES string of the molecule is C[C@H](N[C@H]1CCN(S(C)(=O)=O)C[C@H]1C)c1ccccc1. The Kier molecular flexibility index (Phi) is 4.83. The van der Waals surface area contributed by atoms with Crippen LogP contribution in [0.3, 0.4) is 0 Å². The largest absolute Gasteiger partial charge is 0.307 e. The van der Waals surface area contributed by atoms with E-state index in [4.69, 9.17) is 0 Å². The van der Waals surface area contributed by atoms with Crippen molar-refractivity contribution in [3.63, 3.8) is 0 Å². The van der Waals surface area contributed by atoms with Gasteiger partial charge in [0.2, 0.25) is 10.0 Å². The number of nitrogens with zero attached hydrogens (tertiary/aromatic N) is 1. The highest BCUT2D eigenvalue weighted by atomic mass is 32.2. The highest BCUT2D eigenvalue weighted by Gasteiger charge is 2.30. The summed E-state index contributed by atoms with van der Waals surface area (Å²) in [7, 11) is -3.06. The van der Waals surface area contributed by atoms with E-state index >= 15 is 0 Å². The van der Waals surface area contributed by atoms with Gasteiger partial charge in [0.05, 0.1) is 6.26 Å². The third-order valence-corrected chi connectivity index (χ3v) is 5.37. The molecule has 1 aromatic rings. The predicted octanol–water partition coefficient (Wildman–Crippen LogP) is 2.01. The molecule has 20 heavy (non-hydrogen) atoms. The van der Waals surface area contributed by atoms with Crippen LogP contribution in [0.1, 0.15) is 31.9 Å². The molecule has 0 saturated carbocycles. The normalized spacial score (nSPS) is 26.4. The Hall–Kier alpha value is -0.910. The van der Waals surface area contributed by atoms with Crippen molar-refractivity contribution in [3.8, 4) is 0 Å². The lowest BCUT2D eigenvalue weighted by Crippen LogP contribution is -2.50. The van der Waals surface area contributed by atoms with Crippen molar-refractivity contribution >= 4 is 10.0 Å². The highest BCUT2D eigenvalue weighted by Crippen LogP contribution is 2.22. The molecular formula is C15H24N2O2S. The molecule has 1 aliphatic heterocycles. The Morgan fingerprint density at radius 2 is 1.95 bits per heavy atom. The zero-order valence-electron chi connectivity index (χ0n) is 12.4. The van der Waals surface area contributed by atoms with E-state index in [2.05, 4.69) is 31.3 Å². The molecule has 0 aromatic heterocycles. The average molecular weight is 296 g/mol. The minimum Gasteiger partial charge on any atom is -0.307 e. The number of nitrogens with one attached hydrogen (secondary N) is 1. The summed E-state index contributed by atoms with van der Waals surface area (Å²) in [6.45, 7) is 5.50. The van der Waals surface area contributed by atoms with E-state index in [9.17, 15) is 8.42 Å². The molecule has 1 fully saturated rings. The molecule has 1 heterocycles. The number of piperidine rings is 1. The molecule has 0 unspecified atom stereocenters. The van der Waals surface area contributed by atoms with Crippen LogP contribution in [0, 0.1) is 5.92 Å². The van der Waals surface area contributed by atoms with Crippen LogP contribution in [0.5, 0.6) is 0 Å². The van der Waals surface area contributed by atoms with E-state index in [1.54, 1.807) is 4.31 Å². The lowest BCUT2D eigenvalue weighted by Gasteiger charge is -2.37. The van der Waals surface area contributed by atoms with Crippen molar-refractivity contribution in [2.75, 3.05) is 19.3 Å². The first kappa shape index (κ1) is 15.5. The number of sulfonamides is 1. The molecular weight excluding hydrogens is 272 g/mol. The summed E-state index contributed by atoms with van der Waals surface area (Å²) in [6, 6.07) is 11.0. The minimum absolute atomic E-state index is 0.286. The van der Waals surface area contributed by atoms with Gasteiger partial charge in [-0.15, -0.1) is 0 Å². The van der Waals surface area contributed by atoms with Crippen molar-refractivity contribution in [1.29, 1.82) is 0 Å². The van der Waals surface area contributed by atoms with E-state index in [1.165, 1.54) is 11.8 Å². The summed E-state index contributed by atoms with van der Waals surface area (Å²) in [5.74, 6) is 0.324. The summed E-state index contributed by atoms with van der Waals surface area (Å²) >= 11 is 0. The van der Waals surface area contributed by atoms with Crippen molar-refractivity contribution < 1.29 is 8.42 Å². The maximum atomic E-state index is 11.6. The molecule has 0 bridgehead atoms. The summed E-state index contributed by atoms with van der Waals surface area (Å²) < 4.78 is 24.8. The quantitative estimate of drug-likeness (QED) is 0.924. The van der Waals surface area contributed by atoms with Crippen LogP contribution in [0.4, 0.5) is 0 Å². The van der Waals surface area contributed by atoms with Gasteiger partial charge in [0, 0.05) is 25.2 Å². The lowest BCUT2D eigenvalue weighted by molar-refractivity contribution is 0.210. The first-order chi connectivity index (χ1) is 9.38. The zero-order chi connectivity index (χ0) is 14.8. The number of rotatable bonds is 4. The van der Waals surface area contributed by atoms with Crippen LogP contribution in [-0.2, 0) is 10.0 Å². The van der Waals surface area contributed by atoms with E-state index < -0.39 is 10.0 Å². The molecule has 0 amide bonds. The van der Waals surface area contributed by atoms with Gasteiger partial charge in [0.1, 0.15) is 0 Å². The first-order valence-electron chi connectivity index (χ1n) is 7.14. The Balaban J connectivity index is 1.95. The van der Waals surface area contributed by atoms with Crippen molar-refractivity contribution in [2.24, 2.45) is 5.92 Å². The molecule has 2 rings (SSSR count). The number of hydrogen-bond donors (Lipinski definition) is 1. The lowest BCUT2D eigenvalue weighted by atomic mass is 9.93. The fraction of sp³-hybridized carbons (Fsp3) is 0.600. The van der Waals surface area contributed by atoms with Gasteiger partial charge >= 0.3 is 0 Å². The van der Waals surface area contributed by atoms with Crippen molar-refractivity contribution in [1.82, 2.24) is 9.62 Å². The number of benzene rings is 1. The van der Waals surface area contributed by atoms with E-state index in [0.29, 0.717) is 25.0 Å². The Labute approximate surface area is 122 Å². The molecule has 1 aromatic carbocycles. The van der Waals surface area contributed by atoms with Crippen LogP contribution in [-0.4, -0.2) is 38.1 Å². The van der Waals surface area contributed by atoms with Gasteiger partial charge in [-0.3, -0.25) is 0 Å². The van der Waals surface area contributed by atoms with Gasteiger partial charge in [-0.25, -0.2) is 12.7 Å². The van der Waals surface area contributed by atoms with Crippen LogP contribution in [0.15, 0.2) is 30.3 Å². The third kappa shape index (κ3) is 3.81. The molecule has 3 atom stereocenters. The van der Waals surface area contributed by atoms with Crippen LogP contribution >= 0.6 is 0 Å². The Morgan fingerprint density at radius 1 is 1.30 bits per heavy atom. The summed E-state index contributed by atoms with van der Waals surface area (Å²) in [5, 5.41) is 3.64. The monoisotopic (exact) mass is 296 g/mol. The van der Waals surface area contributed by atoms with E-state index in [-0.39, 0.29) is 6.04 Å². The standard InChI is InChI=1S/C15H24N2O2S/c1-12-11-17(20(3,18)19)10-9-15(12)16-13(2)14-7-5-4-6-8-14/h4-8,12-13,15-16H,9-11H2,1-3H3/t12-,13+,15+/m1/s1. The molecule has 0 radical (unpaired) electrons. The van der Waals surface area contributed by atoms with E-state index in [0.717, 1.165) is 6.42 Å². The zero-order valence-corrected chi connectivity index (χ0v) is 13.2. The topological polar surface area (TPSA) is 49.4 Å². The molecule has 1 aliphatic rings. The molecule has 1 saturated heterocycles. The van der Waals surface area contributed by atoms with Gasteiger partial charge in [0.25, 0.3) is 0 Å². The Morgan fingerprint density at radius 3 is 2.50 bits per heavy atom. The second-order valence-electron chi connectivity index (χ2n) is 5.79. The smallest absolute Gasteiger partial charge is 0.211 e. The van der Waals surface area contributed by atoms with Gasteiger partial charge in [0.15, 0.2) is 0 Å². The molecule has 4 nitrogen and oxygen atoms in total. The van der Waals surface area contributed by atoms with Crippen LogP contribution in [0.25, 0.3) is 0 Å². The third-order valence-electron chi connectivity index (χ3n) is 4.10. The fourth-order valence-corrected chi connectivity index (χ4v) is 3.76. The molecule has 0 spiro atoms. The van der Waals surface area contributed by atoms with Crippen molar-refractivity contribution in [2.45, 2.75) is 32.4 Å². The van der Waals surface area contributed by atoms with Crippen LogP contribution < -0.4 is 5.32 Å². The van der Waals surface area contributed by atoms with E-state index in [1.807, 2.05) is 18.2 Å². The molecule has 112 valence electrons. The minimum atomic E-state index is -3.06. The summed E-state index contributed by atoms with van der Waals surface area (Å²) in [6.07, 6.45) is 2.16. The van der Waals surface area contributed by atoms with Gasteiger partial charge in [-0.1, -0.05) is 37.3 Å². The maximum Gasteiger partial charge on any atom is 0.211 e. The Bertz CT molecular complexity index is 530. The number of hydrogen-bond acceptors (Lipinski definition) is 3. The van der Waals surface area contributed by atoms with Gasteiger partial charge in [-0.2, -0.15) is 0 Å². The van der Waals surface area contributed by atoms with Gasteiger partial charge < -0.3 is 5.32 Å². The first-order valence-corrected chi connectivity index (χ1v) is 8.99. The molecule has 5 heteroatoms. The summed E-state index contributed by atoms with van der Waals surface area (Å²) in [4.78, 5) is 0. The summed E-state index contributed by atoms with van der Waals surface area (Å²) in [5.41, 5.74) is 1.27. The highest BCUT2D eigenvalue weighted by molar-refractivity contribution is 7.88. The second kappa shape index (κ2) is 6.24. The average Bonchev–Trinajstić information content (AvgIpc) is 2.41. The predicted molar refractivity (Wildman–Crippen MR) is 82.0 cm³/mol. The maximum absolute atomic E-state index is 11.6. The fourth-order valence-electron chi connectivity index (χ4n) is 2.82. The van der Waals surface area contributed by atoms with Crippen molar-refractivity contribution in [3.05, 3.63) is 35.9 Å². The van der Waals surface area contributed by atoms with Gasteiger partial charge in [-0.05, 0) is 24.8 Å². The second-order valence-corrected chi connectivity index (χ2v) is 7.77. The molecule has 1 N–H and O–H groups in total.